The number of nitrogens with one attached hydrogen (secondary N) is 1. The molecule has 8 nitrogen and oxygen atoms in total. The molecule has 0 fully saturated rings. The van der Waals surface area contributed by atoms with E-state index < -0.39 is 11.8 Å². The number of halogens is 1. The van der Waals surface area contributed by atoms with Crippen LogP contribution in [0.3, 0.4) is 0 Å². The summed E-state index contributed by atoms with van der Waals surface area (Å²) in [5.41, 5.74) is 2.42. The molecule has 182 valence electrons. The molecule has 1 aromatic heterocycles. The number of fused-ring (bicyclic) bond motifs is 1. The van der Waals surface area contributed by atoms with Crippen molar-refractivity contribution in [1.29, 1.82) is 0 Å². The quantitative estimate of drug-likeness (QED) is 0.245. The number of carbonyl (C=O) groups excluding carboxylic acids is 2. The predicted molar refractivity (Wildman–Crippen MR) is 139 cm³/mol. The topological polar surface area (TPSA) is 105 Å². The van der Waals surface area contributed by atoms with E-state index in [4.69, 9.17) is 16.3 Å². The van der Waals surface area contributed by atoms with Gasteiger partial charge in [0, 0.05) is 22.0 Å². The van der Waals surface area contributed by atoms with Crippen LogP contribution in [-0.2, 0) is 16.1 Å². The smallest absolute Gasteiger partial charge is 0.283 e. The number of aromatic hydroxyl groups is 1. The number of para-hydroxylation sites is 2. The number of carbonyl (C=O) groups is 2. The van der Waals surface area contributed by atoms with Crippen molar-refractivity contribution in [2.75, 3.05) is 13.7 Å². The Bertz CT molecular complexity index is 1480. The first-order valence-electron chi connectivity index (χ1n) is 11.0. The number of amides is 2. The van der Waals surface area contributed by atoms with Crippen LogP contribution in [0.2, 0.25) is 5.02 Å². The van der Waals surface area contributed by atoms with Gasteiger partial charge in [-0.25, -0.2) is 0 Å². The first kappa shape index (κ1) is 24.7. The van der Waals surface area contributed by atoms with Crippen LogP contribution in [0.4, 0.5) is 5.69 Å². The highest BCUT2D eigenvalue weighted by molar-refractivity contribution is 6.31. The number of rotatable bonds is 8. The number of nitrogens with zero attached hydrogens (tertiary/aromatic N) is 3. The van der Waals surface area contributed by atoms with E-state index in [2.05, 4.69) is 15.5 Å². The lowest BCUT2D eigenvalue weighted by molar-refractivity contribution is -0.122. The molecule has 0 aliphatic rings. The number of aromatic nitrogens is 1. The number of ether oxygens (including phenoxy) is 1. The fourth-order valence-corrected chi connectivity index (χ4v) is 3.86. The van der Waals surface area contributed by atoms with Gasteiger partial charge in [-0.05, 0) is 29.8 Å². The van der Waals surface area contributed by atoms with E-state index in [9.17, 15) is 14.7 Å². The van der Waals surface area contributed by atoms with Crippen molar-refractivity contribution in [3.05, 3.63) is 95.0 Å². The lowest BCUT2D eigenvalue weighted by Crippen LogP contribution is -2.26. The standard InChI is InChI=1S/C27H23ClN4O4/c1-36-23-13-7-3-8-18(23)14-15-24(33)29-16-25(34)30-31-26-20-10-4-6-12-22(20)32(27(26)35)17-19-9-2-5-11-21(19)28/h2-15,35H,16-17H2,1H3,(H,29,33)/b15-14+,31-30?. The predicted octanol–water partition coefficient (Wildman–Crippen LogP) is 5.50. The summed E-state index contributed by atoms with van der Waals surface area (Å²) < 4.78 is 6.89. The third-order valence-corrected chi connectivity index (χ3v) is 5.80. The Kier molecular flexibility index (Phi) is 7.77. The summed E-state index contributed by atoms with van der Waals surface area (Å²) >= 11 is 6.29. The average molecular weight is 503 g/mol. The van der Waals surface area contributed by atoms with Crippen LogP contribution in [0.15, 0.2) is 89.1 Å². The third-order valence-electron chi connectivity index (χ3n) is 5.43. The number of benzene rings is 3. The Hall–Kier alpha value is -4.43. The molecule has 0 saturated carbocycles. The number of hydrogen-bond acceptors (Lipinski definition) is 5. The summed E-state index contributed by atoms with van der Waals surface area (Å²) in [5.74, 6) is -0.656. The zero-order chi connectivity index (χ0) is 25.5. The molecular weight excluding hydrogens is 480 g/mol. The highest BCUT2D eigenvalue weighted by atomic mass is 35.5. The van der Waals surface area contributed by atoms with E-state index in [-0.39, 0.29) is 18.1 Å². The molecule has 2 amide bonds. The van der Waals surface area contributed by atoms with Crippen molar-refractivity contribution < 1.29 is 19.4 Å². The maximum absolute atomic E-state index is 12.3. The van der Waals surface area contributed by atoms with E-state index in [0.717, 1.165) is 11.1 Å². The monoisotopic (exact) mass is 502 g/mol. The van der Waals surface area contributed by atoms with Crippen LogP contribution in [0.25, 0.3) is 17.0 Å². The Labute approximate surface area is 212 Å². The van der Waals surface area contributed by atoms with E-state index in [1.54, 1.807) is 48.1 Å². The van der Waals surface area contributed by atoms with Crippen molar-refractivity contribution in [3.8, 4) is 11.6 Å². The van der Waals surface area contributed by atoms with E-state index >= 15 is 0 Å². The van der Waals surface area contributed by atoms with Gasteiger partial charge in [-0.3, -0.25) is 9.59 Å². The fraction of sp³-hybridized carbons (Fsp3) is 0.111. The Balaban J connectivity index is 1.46. The maximum atomic E-state index is 12.3. The molecule has 0 radical (unpaired) electrons. The molecule has 0 spiro atoms. The van der Waals surface area contributed by atoms with E-state index in [1.165, 1.54) is 6.08 Å². The van der Waals surface area contributed by atoms with Crippen LogP contribution in [0.5, 0.6) is 11.6 Å². The zero-order valence-electron chi connectivity index (χ0n) is 19.4. The van der Waals surface area contributed by atoms with Crippen molar-refractivity contribution >= 4 is 46.1 Å². The molecular formula is C27H23ClN4O4. The Morgan fingerprint density at radius 1 is 1.06 bits per heavy atom. The SMILES string of the molecule is COc1ccccc1/C=C/C(=O)NCC(=O)N=Nc1c(O)n(Cc2ccccc2Cl)c2ccccc12. The van der Waals surface area contributed by atoms with Crippen molar-refractivity contribution in [2.45, 2.75) is 6.54 Å². The van der Waals surface area contributed by atoms with Crippen LogP contribution in [0, 0.1) is 0 Å². The molecule has 4 rings (SSSR count). The highest BCUT2D eigenvalue weighted by Gasteiger charge is 2.17. The van der Waals surface area contributed by atoms with Gasteiger partial charge in [-0.2, -0.15) is 0 Å². The summed E-state index contributed by atoms with van der Waals surface area (Å²) in [4.78, 5) is 24.4. The van der Waals surface area contributed by atoms with Gasteiger partial charge in [0.1, 0.15) is 12.3 Å². The van der Waals surface area contributed by atoms with Gasteiger partial charge in [0.15, 0.2) is 5.69 Å². The molecule has 0 aliphatic carbocycles. The summed E-state index contributed by atoms with van der Waals surface area (Å²) in [7, 11) is 1.54. The molecule has 0 atom stereocenters. The summed E-state index contributed by atoms with van der Waals surface area (Å²) in [6.07, 6.45) is 2.89. The third kappa shape index (κ3) is 5.61. The van der Waals surface area contributed by atoms with Crippen molar-refractivity contribution in [1.82, 2.24) is 9.88 Å². The summed E-state index contributed by atoms with van der Waals surface area (Å²) in [6.45, 7) is -0.0400. The molecule has 9 heteroatoms. The Morgan fingerprint density at radius 2 is 1.78 bits per heavy atom. The van der Waals surface area contributed by atoms with Gasteiger partial charge < -0.3 is 19.7 Å². The molecule has 3 aromatic carbocycles. The van der Waals surface area contributed by atoms with Gasteiger partial charge in [-0.1, -0.05) is 66.2 Å². The molecule has 0 aliphatic heterocycles. The molecule has 1 heterocycles. The minimum atomic E-state index is -0.670. The van der Waals surface area contributed by atoms with Gasteiger partial charge in [0.2, 0.25) is 11.8 Å². The second kappa shape index (κ2) is 11.3. The molecule has 36 heavy (non-hydrogen) atoms. The second-order valence-electron chi connectivity index (χ2n) is 7.75. The van der Waals surface area contributed by atoms with Gasteiger partial charge in [0.05, 0.1) is 19.2 Å². The van der Waals surface area contributed by atoms with Crippen LogP contribution >= 0.6 is 11.6 Å². The molecule has 4 aromatic rings. The highest BCUT2D eigenvalue weighted by Crippen LogP contribution is 2.39. The van der Waals surface area contributed by atoms with Crippen molar-refractivity contribution in [2.24, 2.45) is 10.2 Å². The molecule has 0 bridgehead atoms. The van der Waals surface area contributed by atoms with E-state index in [0.29, 0.717) is 28.2 Å². The summed E-state index contributed by atoms with van der Waals surface area (Å²) in [6, 6.07) is 21.8. The lowest BCUT2D eigenvalue weighted by atomic mass is 10.2. The Morgan fingerprint density at radius 3 is 2.58 bits per heavy atom. The normalized spacial score (nSPS) is 11.4. The fourth-order valence-electron chi connectivity index (χ4n) is 3.66. The van der Waals surface area contributed by atoms with E-state index in [1.807, 2.05) is 42.5 Å². The number of hydrogen-bond donors (Lipinski definition) is 2. The largest absolute Gasteiger partial charge is 0.496 e. The lowest BCUT2D eigenvalue weighted by Gasteiger charge is -2.08. The van der Waals surface area contributed by atoms with Gasteiger partial charge >= 0.3 is 0 Å². The first-order chi connectivity index (χ1) is 17.5. The average Bonchev–Trinajstić information content (AvgIpc) is 3.16. The minimum absolute atomic E-state index is 0.142. The molecule has 2 N–H and O–H groups in total. The molecule has 0 saturated heterocycles. The van der Waals surface area contributed by atoms with Crippen LogP contribution in [-0.4, -0.2) is 35.1 Å². The minimum Gasteiger partial charge on any atom is -0.496 e. The number of azo groups is 1. The molecule has 0 unspecified atom stereocenters. The van der Waals surface area contributed by atoms with Gasteiger partial charge in [-0.15, -0.1) is 10.2 Å². The van der Waals surface area contributed by atoms with Crippen LogP contribution in [0.1, 0.15) is 11.1 Å². The second-order valence-corrected chi connectivity index (χ2v) is 8.16. The maximum Gasteiger partial charge on any atom is 0.283 e. The first-order valence-corrected chi connectivity index (χ1v) is 11.4. The summed E-state index contributed by atoms with van der Waals surface area (Å²) in [5, 5.41) is 22.2. The van der Waals surface area contributed by atoms with Gasteiger partial charge in [0.25, 0.3) is 5.91 Å². The van der Waals surface area contributed by atoms with Crippen LogP contribution < -0.4 is 10.1 Å². The zero-order valence-corrected chi connectivity index (χ0v) is 20.1. The number of methoxy groups -OCH3 is 1. The van der Waals surface area contributed by atoms with Crippen molar-refractivity contribution in [3.63, 3.8) is 0 Å².